The number of hydrogen-bond donors (Lipinski definition) is 0. The lowest BCUT2D eigenvalue weighted by molar-refractivity contribution is -0.526. The highest BCUT2D eigenvalue weighted by Gasteiger charge is 2.24. The van der Waals surface area contributed by atoms with Gasteiger partial charge in [0.1, 0.15) is 6.79 Å². The van der Waals surface area contributed by atoms with E-state index in [4.69, 9.17) is 9.47 Å². The first kappa shape index (κ1) is 12.8. The monoisotopic (exact) mass is 255 g/mol. The second-order valence-electron chi connectivity index (χ2n) is 2.95. The highest BCUT2D eigenvalue weighted by Crippen LogP contribution is 2.14. The van der Waals surface area contributed by atoms with Crippen molar-refractivity contribution in [3.05, 3.63) is 10.1 Å². The van der Waals surface area contributed by atoms with Crippen molar-refractivity contribution in [1.82, 2.24) is 0 Å². The van der Waals surface area contributed by atoms with Crippen molar-refractivity contribution in [3.63, 3.8) is 0 Å². The molecule has 0 unspecified atom stereocenters. The van der Waals surface area contributed by atoms with Crippen LogP contribution in [0.1, 0.15) is 20.3 Å². The molecule has 1 saturated heterocycles. The van der Waals surface area contributed by atoms with Gasteiger partial charge in [0, 0.05) is 18.8 Å². The molecule has 0 aromatic carbocycles. The van der Waals surface area contributed by atoms with E-state index in [2.05, 4.69) is 15.9 Å². The predicted molar refractivity (Wildman–Crippen MR) is 51.4 cm³/mol. The van der Waals surface area contributed by atoms with E-state index >= 15 is 0 Å². The van der Waals surface area contributed by atoms with Gasteiger partial charge in [-0.05, 0) is 22.4 Å². The second kappa shape index (κ2) is 6.28. The molecule has 0 aliphatic carbocycles. The molecule has 0 bridgehead atoms. The number of ether oxygens (including phenoxy) is 2. The lowest BCUT2D eigenvalue weighted by Gasteiger charge is -2.09. The average molecular weight is 256 g/mol. The topological polar surface area (TPSA) is 61.6 Å². The molecular weight excluding hydrogens is 242 g/mol. The van der Waals surface area contributed by atoms with Crippen molar-refractivity contribution in [2.24, 2.45) is 0 Å². The van der Waals surface area contributed by atoms with Gasteiger partial charge in [-0.2, -0.15) is 0 Å². The van der Waals surface area contributed by atoms with Crippen LogP contribution in [0.4, 0.5) is 0 Å². The highest BCUT2D eigenvalue weighted by atomic mass is 79.9. The summed E-state index contributed by atoms with van der Waals surface area (Å²) in [4.78, 5) is 9.38. The SMILES string of the molecule is C1COCOC1.CC(C)(Br)[N+](=O)[O-]. The zero-order valence-electron chi connectivity index (χ0n) is 7.79. The fourth-order valence-corrected chi connectivity index (χ4v) is 0.440. The third kappa shape index (κ3) is 8.14. The summed E-state index contributed by atoms with van der Waals surface area (Å²) in [6, 6.07) is 0. The molecule has 0 aromatic heterocycles. The molecule has 1 aliphatic rings. The minimum atomic E-state index is -0.965. The van der Waals surface area contributed by atoms with Crippen LogP contribution in [0.5, 0.6) is 0 Å². The van der Waals surface area contributed by atoms with Gasteiger partial charge in [0.05, 0.1) is 13.2 Å². The van der Waals surface area contributed by atoms with Gasteiger partial charge in [-0.3, -0.25) is 10.1 Å². The van der Waals surface area contributed by atoms with Crippen LogP contribution < -0.4 is 0 Å². The van der Waals surface area contributed by atoms with Crippen molar-refractivity contribution >= 4 is 15.9 Å². The zero-order valence-corrected chi connectivity index (χ0v) is 9.37. The van der Waals surface area contributed by atoms with Crippen molar-refractivity contribution < 1.29 is 14.4 Å². The molecule has 0 aromatic rings. The number of nitrogens with zero attached hydrogens (tertiary/aromatic N) is 1. The Morgan fingerprint density at radius 2 is 1.77 bits per heavy atom. The van der Waals surface area contributed by atoms with Crippen LogP contribution in [0.3, 0.4) is 0 Å². The Morgan fingerprint density at radius 1 is 1.38 bits per heavy atom. The van der Waals surface area contributed by atoms with Gasteiger partial charge in [-0.25, -0.2) is 0 Å². The summed E-state index contributed by atoms with van der Waals surface area (Å²) in [6.07, 6.45) is 1.06. The van der Waals surface area contributed by atoms with E-state index in [1.165, 1.54) is 13.8 Å². The van der Waals surface area contributed by atoms with Gasteiger partial charge in [0.2, 0.25) is 0 Å². The Morgan fingerprint density at radius 3 is 1.85 bits per heavy atom. The molecule has 1 heterocycles. The first-order chi connectivity index (χ1) is 5.94. The molecule has 1 rings (SSSR count). The Kier molecular flexibility index (Phi) is 6.19. The summed E-state index contributed by atoms with van der Waals surface area (Å²) in [6.45, 7) is 5.21. The van der Waals surface area contributed by atoms with Crippen molar-refractivity contribution in [2.45, 2.75) is 24.7 Å². The molecule has 1 aliphatic heterocycles. The van der Waals surface area contributed by atoms with Crippen LogP contribution >= 0.6 is 15.9 Å². The van der Waals surface area contributed by atoms with E-state index < -0.39 is 9.37 Å². The molecule has 0 amide bonds. The molecular formula is C7H14BrNO4. The Balaban J connectivity index is 0.000000223. The average Bonchev–Trinajstić information content (AvgIpc) is 2.07. The maximum atomic E-state index is 9.78. The molecule has 5 nitrogen and oxygen atoms in total. The fraction of sp³-hybridized carbons (Fsp3) is 1.00. The van der Waals surface area contributed by atoms with Crippen molar-refractivity contribution in [2.75, 3.05) is 20.0 Å². The molecule has 78 valence electrons. The summed E-state index contributed by atoms with van der Waals surface area (Å²) in [5.74, 6) is 0. The third-order valence-corrected chi connectivity index (χ3v) is 1.47. The molecule has 0 spiro atoms. The maximum absolute atomic E-state index is 9.78. The third-order valence-electron chi connectivity index (χ3n) is 1.18. The summed E-state index contributed by atoms with van der Waals surface area (Å²) in [5.41, 5.74) is 0. The molecule has 1 fully saturated rings. The summed E-state index contributed by atoms with van der Waals surface area (Å²) in [7, 11) is 0. The summed E-state index contributed by atoms with van der Waals surface area (Å²) < 4.78 is 8.73. The second-order valence-corrected chi connectivity index (χ2v) is 4.90. The minimum absolute atomic E-state index is 0.396. The summed E-state index contributed by atoms with van der Waals surface area (Å²) in [5, 5.41) is 9.78. The Hall–Kier alpha value is -0.200. The van der Waals surface area contributed by atoms with Crippen LogP contribution in [0.15, 0.2) is 0 Å². The molecule has 6 heteroatoms. The van der Waals surface area contributed by atoms with Gasteiger partial charge >= 0.3 is 0 Å². The van der Waals surface area contributed by atoms with Crippen LogP contribution in [0, 0.1) is 10.1 Å². The number of alkyl halides is 1. The van der Waals surface area contributed by atoms with Gasteiger partial charge in [0.25, 0.3) is 4.45 Å². The number of hydrogen-bond acceptors (Lipinski definition) is 4. The fourth-order valence-electron chi connectivity index (χ4n) is 0.440. The van der Waals surface area contributed by atoms with Gasteiger partial charge in [-0.15, -0.1) is 0 Å². The Labute approximate surface area is 85.7 Å². The van der Waals surface area contributed by atoms with E-state index in [1.807, 2.05) is 0 Å². The smallest absolute Gasteiger partial charge is 0.269 e. The molecule has 0 atom stereocenters. The van der Waals surface area contributed by atoms with Crippen LogP contribution in [0.25, 0.3) is 0 Å². The van der Waals surface area contributed by atoms with E-state index in [1.54, 1.807) is 0 Å². The van der Waals surface area contributed by atoms with Crippen molar-refractivity contribution in [3.8, 4) is 0 Å². The maximum Gasteiger partial charge on any atom is 0.269 e. The first-order valence-electron chi connectivity index (χ1n) is 3.93. The van der Waals surface area contributed by atoms with E-state index in [9.17, 15) is 10.1 Å². The molecule has 0 saturated carbocycles. The predicted octanol–water partition coefficient (Wildman–Crippen LogP) is 1.77. The van der Waals surface area contributed by atoms with Gasteiger partial charge in [0.15, 0.2) is 0 Å². The Bertz CT molecular complexity index is 142. The minimum Gasteiger partial charge on any atom is -0.355 e. The standard InChI is InChI=1S/C4H8O2.C3H6BrNO2/c1-2-5-4-6-3-1;1-3(2,4)5(6)7/h1-4H2;1-2H3. The van der Waals surface area contributed by atoms with E-state index in [0.717, 1.165) is 19.6 Å². The van der Waals surface area contributed by atoms with Crippen LogP contribution in [-0.4, -0.2) is 29.4 Å². The first-order valence-corrected chi connectivity index (χ1v) is 4.73. The lowest BCUT2D eigenvalue weighted by atomic mass is 10.4. The quantitative estimate of drug-likeness (QED) is 0.310. The van der Waals surface area contributed by atoms with Crippen molar-refractivity contribution in [1.29, 1.82) is 0 Å². The van der Waals surface area contributed by atoms with Gasteiger partial charge in [-0.1, -0.05) is 0 Å². The lowest BCUT2D eigenvalue weighted by Crippen LogP contribution is -2.21. The number of rotatable bonds is 1. The van der Waals surface area contributed by atoms with E-state index in [-0.39, 0.29) is 0 Å². The molecule has 13 heavy (non-hydrogen) atoms. The molecule has 0 N–H and O–H groups in total. The van der Waals surface area contributed by atoms with Gasteiger partial charge < -0.3 is 9.47 Å². The largest absolute Gasteiger partial charge is 0.355 e. The van der Waals surface area contributed by atoms with E-state index in [0.29, 0.717) is 6.79 Å². The summed E-state index contributed by atoms with van der Waals surface area (Å²) >= 11 is 2.84. The zero-order chi connectivity index (χ0) is 10.3. The normalized spacial score (nSPS) is 17.2. The highest BCUT2D eigenvalue weighted by molar-refractivity contribution is 9.10. The number of halogens is 1. The number of nitro groups is 1. The molecule has 0 radical (unpaired) electrons. The van der Waals surface area contributed by atoms with Crippen LogP contribution in [0.2, 0.25) is 0 Å². The van der Waals surface area contributed by atoms with Crippen LogP contribution in [-0.2, 0) is 9.47 Å².